The van der Waals surface area contributed by atoms with Gasteiger partial charge in [-0.1, -0.05) is 18.2 Å². The van der Waals surface area contributed by atoms with E-state index in [4.69, 9.17) is 10.2 Å². The fourth-order valence-electron chi connectivity index (χ4n) is 2.34. The van der Waals surface area contributed by atoms with Crippen LogP contribution in [-0.4, -0.2) is 4.57 Å². The van der Waals surface area contributed by atoms with Gasteiger partial charge in [0.2, 0.25) is 0 Å². The van der Waals surface area contributed by atoms with E-state index in [2.05, 4.69) is 0 Å². The molecule has 0 amide bonds. The van der Waals surface area contributed by atoms with Crippen LogP contribution >= 0.6 is 0 Å². The summed E-state index contributed by atoms with van der Waals surface area (Å²) in [6, 6.07) is 9.33. The highest BCUT2D eigenvalue weighted by molar-refractivity contribution is 5.72. The molecule has 2 N–H and O–H groups in total. The van der Waals surface area contributed by atoms with Crippen LogP contribution in [0.5, 0.6) is 0 Å². The van der Waals surface area contributed by atoms with E-state index in [-0.39, 0.29) is 12.1 Å². The molecule has 0 aliphatic carbocycles. The third-order valence-corrected chi connectivity index (χ3v) is 3.32. The van der Waals surface area contributed by atoms with Crippen molar-refractivity contribution >= 4 is 11.1 Å². The van der Waals surface area contributed by atoms with Crippen molar-refractivity contribution in [3.05, 3.63) is 70.2 Å². The fourth-order valence-corrected chi connectivity index (χ4v) is 2.34. The summed E-state index contributed by atoms with van der Waals surface area (Å²) in [5.74, 6) is -2.07. The summed E-state index contributed by atoms with van der Waals surface area (Å²) in [4.78, 5) is 11.8. The van der Waals surface area contributed by atoms with Crippen molar-refractivity contribution in [2.75, 3.05) is 0 Å². The molecule has 1 atom stereocenters. The van der Waals surface area contributed by atoms with Gasteiger partial charge >= 0.3 is 5.76 Å². The highest BCUT2D eigenvalue weighted by Crippen LogP contribution is 2.21. The van der Waals surface area contributed by atoms with Crippen LogP contribution in [0.15, 0.2) is 51.7 Å². The van der Waals surface area contributed by atoms with Gasteiger partial charge in [-0.25, -0.2) is 13.6 Å². The van der Waals surface area contributed by atoms with Crippen molar-refractivity contribution in [1.29, 1.82) is 0 Å². The molecule has 108 valence electrons. The summed E-state index contributed by atoms with van der Waals surface area (Å²) in [5, 5.41) is 0. The Morgan fingerprint density at radius 1 is 1.10 bits per heavy atom. The number of rotatable bonds is 3. The minimum atomic E-state index is -0.995. The third kappa shape index (κ3) is 2.34. The second-order valence-electron chi connectivity index (χ2n) is 4.69. The molecule has 21 heavy (non-hydrogen) atoms. The number of aromatic nitrogens is 1. The van der Waals surface area contributed by atoms with Gasteiger partial charge in [-0.15, -0.1) is 0 Å². The highest BCUT2D eigenvalue weighted by Gasteiger charge is 2.19. The lowest BCUT2D eigenvalue weighted by molar-refractivity contribution is 0.457. The Labute approximate surface area is 118 Å². The lowest BCUT2D eigenvalue weighted by Crippen LogP contribution is -2.25. The average Bonchev–Trinajstić information content (AvgIpc) is 2.75. The van der Waals surface area contributed by atoms with Gasteiger partial charge < -0.3 is 10.2 Å². The normalized spacial score (nSPS) is 12.7. The topological polar surface area (TPSA) is 61.2 Å². The molecule has 3 aromatic rings. The Morgan fingerprint density at radius 2 is 1.76 bits per heavy atom. The summed E-state index contributed by atoms with van der Waals surface area (Å²) < 4.78 is 33.8. The largest absolute Gasteiger partial charge is 0.420 e. The Balaban J connectivity index is 2.03. The average molecular weight is 290 g/mol. The van der Waals surface area contributed by atoms with Gasteiger partial charge in [0.05, 0.1) is 11.6 Å². The zero-order chi connectivity index (χ0) is 15.0. The van der Waals surface area contributed by atoms with Gasteiger partial charge in [0.15, 0.2) is 5.58 Å². The molecule has 1 aromatic heterocycles. The molecular weight excluding hydrogens is 278 g/mol. The molecule has 0 aliphatic heterocycles. The zero-order valence-corrected chi connectivity index (χ0v) is 10.9. The predicted octanol–water partition coefficient (Wildman–Crippen LogP) is 2.57. The van der Waals surface area contributed by atoms with Crippen molar-refractivity contribution in [2.45, 2.75) is 12.6 Å². The number of para-hydroxylation sites is 2. The van der Waals surface area contributed by atoms with Crippen LogP contribution in [0.25, 0.3) is 11.1 Å². The van der Waals surface area contributed by atoms with Crippen LogP contribution in [0.4, 0.5) is 8.78 Å². The summed E-state index contributed by atoms with van der Waals surface area (Å²) in [6.45, 7) is -0.0757. The first-order valence-corrected chi connectivity index (χ1v) is 6.36. The molecule has 0 bridgehead atoms. The zero-order valence-electron chi connectivity index (χ0n) is 10.9. The molecular formula is C15H12F2N2O2. The SMILES string of the molecule is NC(Cn1c(=O)oc2ccccc21)c1c(F)cccc1F. The second-order valence-corrected chi connectivity index (χ2v) is 4.69. The maximum atomic E-state index is 13.7. The van der Waals surface area contributed by atoms with Crippen LogP contribution in [0.2, 0.25) is 0 Å². The number of halogens is 2. The molecule has 0 saturated carbocycles. The predicted molar refractivity (Wildman–Crippen MR) is 73.8 cm³/mol. The molecule has 0 saturated heterocycles. The number of oxazole rings is 1. The molecule has 6 heteroatoms. The number of fused-ring (bicyclic) bond motifs is 1. The van der Waals surface area contributed by atoms with Crippen molar-refractivity contribution in [3.8, 4) is 0 Å². The minimum Gasteiger partial charge on any atom is -0.408 e. The van der Waals surface area contributed by atoms with E-state index in [9.17, 15) is 13.6 Å². The fraction of sp³-hybridized carbons (Fsp3) is 0.133. The van der Waals surface area contributed by atoms with Crippen LogP contribution in [0.1, 0.15) is 11.6 Å². The standard InChI is InChI=1S/C15H12F2N2O2/c16-9-4-3-5-10(17)14(9)11(18)8-19-12-6-1-2-7-13(12)21-15(19)20/h1-7,11H,8,18H2. The molecule has 1 heterocycles. The van der Waals surface area contributed by atoms with Crippen molar-refractivity contribution in [3.63, 3.8) is 0 Å². The van der Waals surface area contributed by atoms with Gasteiger partial charge in [0.25, 0.3) is 0 Å². The van der Waals surface area contributed by atoms with E-state index in [0.717, 1.165) is 12.1 Å². The summed E-state index contributed by atoms with van der Waals surface area (Å²) in [7, 11) is 0. The molecule has 1 unspecified atom stereocenters. The quantitative estimate of drug-likeness (QED) is 0.806. The molecule has 0 fully saturated rings. The third-order valence-electron chi connectivity index (χ3n) is 3.32. The monoisotopic (exact) mass is 290 g/mol. The summed E-state index contributed by atoms with van der Waals surface area (Å²) in [6.07, 6.45) is 0. The van der Waals surface area contributed by atoms with Crippen LogP contribution in [0, 0.1) is 11.6 Å². The minimum absolute atomic E-state index is 0.0757. The number of nitrogens with zero attached hydrogens (tertiary/aromatic N) is 1. The number of nitrogens with two attached hydrogens (primary N) is 1. The van der Waals surface area contributed by atoms with Crippen molar-refractivity contribution in [2.24, 2.45) is 5.73 Å². The number of hydrogen-bond acceptors (Lipinski definition) is 3. The van der Waals surface area contributed by atoms with Crippen LogP contribution < -0.4 is 11.5 Å². The Kier molecular flexibility index (Phi) is 3.31. The van der Waals surface area contributed by atoms with Gasteiger partial charge in [-0.2, -0.15) is 0 Å². The van der Waals surface area contributed by atoms with Crippen LogP contribution in [0.3, 0.4) is 0 Å². The second kappa shape index (κ2) is 5.14. The van der Waals surface area contributed by atoms with E-state index in [1.165, 1.54) is 10.6 Å². The summed E-state index contributed by atoms with van der Waals surface area (Å²) >= 11 is 0. The lowest BCUT2D eigenvalue weighted by Gasteiger charge is -2.14. The molecule has 0 spiro atoms. The van der Waals surface area contributed by atoms with Gasteiger partial charge in [0.1, 0.15) is 11.6 Å². The number of benzene rings is 2. The van der Waals surface area contributed by atoms with E-state index >= 15 is 0 Å². The van der Waals surface area contributed by atoms with Gasteiger partial charge in [-0.3, -0.25) is 4.57 Å². The van der Waals surface area contributed by atoms with Crippen LogP contribution in [-0.2, 0) is 6.54 Å². The molecule has 2 aromatic carbocycles. The molecule has 0 aliphatic rings. The van der Waals surface area contributed by atoms with Crippen molar-refractivity contribution in [1.82, 2.24) is 4.57 Å². The van der Waals surface area contributed by atoms with E-state index in [1.807, 2.05) is 0 Å². The lowest BCUT2D eigenvalue weighted by atomic mass is 10.1. The Bertz CT molecular complexity index is 834. The maximum absolute atomic E-state index is 13.7. The van der Waals surface area contributed by atoms with E-state index in [0.29, 0.717) is 11.1 Å². The first kappa shape index (κ1) is 13.5. The first-order chi connectivity index (χ1) is 10.1. The van der Waals surface area contributed by atoms with E-state index < -0.39 is 23.4 Å². The smallest absolute Gasteiger partial charge is 0.408 e. The summed E-state index contributed by atoms with van der Waals surface area (Å²) in [5.41, 5.74) is 6.57. The number of hydrogen-bond donors (Lipinski definition) is 1. The Morgan fingerprint density at radius 3 is 2.48 bits per heavy atom. The maximum Gasteiger partial charge on any atom is 0.420 e. The van der Waals surface area contributed by atoms with Crippen molar-refractivity contribution < 1.29 is 13.2 Å². The highest BCUT2D eigenvalue weighted by atomic mass is 19.1. The molecule has 3 rings (SSSR count). The Hall–Kier alpha value is -2.47. The molecule has 0 radical (unpaired) electrons. The van der Waals surface area contributed by atoms with Gasteiger partial charge in [-0.05, 0) is 24.3 Å². The van der Waals surface area contributed by atoms with E-state index in [1.54, 1.807) is 24.3 Å². The first-order valence-electron chi connectivity index (χ1n) is 6.36. The molecule has 4 nitrogen and oxygen atoms in total. The van der Waals surface area contributed by atoms with Gasteiger partial charge in [0, 0.05) is 12.1 Å².